The largest absolute Gasteiger partial charge is 0.673 e. The van der Waals surface area contributed by atoms with Crippen LogP contribution in [0.1, 0.15) is 12.5 Å². The fourth-order valence-electron chi connectivity index (χ4n) is 1.72. The van der Waals surface area contributed by atoms with Gasteiger partial charge in [0.2, 0.25) is 0 Å². The molecule has 0 N–H and O–H groups in total. The van der Waals surface area contributed by atoms with Gasteiger partial charge in [0.05, 0.1) is 7.11 Å². The Bertz CT molecular complexity index is 366. The van der Waals surface area contributed by atoms with Crippen LogP contribution < -0.4 is 0 Å². The molecule has 0 amide bonds. The molecular formula is C10H13BF4OS. The van der Waals surface area contributed by atoms with E-state index in [-0.39, 0.29) is 11.2 Å². The van der Waals surface area contributed by atoms with E-state index in [1.807, 2.05) is 7.11 Å². The smallest absolute Gasteiger partial charge is 0.418 e. The quantitative estimate of drug-likeness (QED) is 0.430. The van der Waals surface area contributed by atoms with Gasteiger partial charge in [-0.25, -0.2) is 0 Å². The fourth-order valence-corrected chi connectivity index (χ4v) is 3.62. The molecule has 0 aromatic heterocycles. The third-order valence-corrected chi connectivity index (χ3v) is 4.33. The number of halogens is 4. The number of rotatable bonds is 1. The molecule has 7 heteroatoms. The molecule has 0 fully saturated rings. The van der Waals surface area contributed by atoms with Crippen molar-refractivity contribution in [1.29, 1.82) is 0 Å². The summed E-state index contributed by atoms with van der Waals surface area (Å²) in [7, 11) is -4.19. The normalized spacial score (nSPS) is 22.7. The minimum absolute atomic E-state index is 0.0460. The van der Waals surface area contributed by atoms with Crippen LogP contribution in [0.3, 0.4) is 0 Å². The number of hydrogen-bond acceptors (Lipinski definition) is 1. The van der Waals surface area contributed by atoms with Gasteiger partial charge in [0, 0.05) is 12.0 Å². The maximum atomic E-state index is 9.75. The van der Waals surface area contributed by atoms with Crippen LogP contribution in [0.5, 0.6) is 0 Å². The van der Waals surface area contributed by atoms with Gasteiger partial charge >= 0.3 is 7.25 Å². The first-order chi connectivity index (χ1) is 7.83. The van der Waals surface area contributed by atoms with Crippen molar-refractivity contribution in [1.82, 2.24) is 0 Å². The summed E-state index contributed by atoms with van der Waals surface area (Å²) in [5.74, 6) is 0. The van der Waals surface area contributed by atoms with Gasteiger partial charge in [0.1, 0.15) is 0 Å². The number of hydrogen-bond donors (Lipinski definition) is 0. The highest BCUT2D eigenvalue weighted by Crippen LogP contribution is 2.32. The van der Waals surface area contributed by atoms with E-state index in [9.17, 15) is 17.3 Å². The molecule has 1 nitrogen and oxygen atoms in total. The van der Waals surface area contributed by atoms with Gasteiger partial charge in [0.15, 0.2) is 21.3 Å². The summed E-state index contributed by atoms with van der Waals surface area (Å²) >= 11 is 0.0460. The van der Waals surface area contributed by atoms with Crippen molar-refractivity contribution in [3.8, 4) is 0 Å². The first-order valence-corrected chi connectivity index (χ1v) is 6.27. The molecule has 2 rings (SSSR count). The molecule has 2 atom stereocenters. The Kier molecular flexibility index (Phi) is 4.88. The maximum absolute atomic E-state index is 9.75. The van der Waals surface area contributed by atoms with Gasteiger partial charge in [0.25, 0.3) is 0 Å². The molecule has 0 radical (unpaired) electrons. The van der Waals surface area contributed by atoms with Crippen LogP contribution in [-0.2, 0) is 21.8 Å². The van der Waals surface area contributed by atoms with Gasteiger partial charge in [-0.2, -0.15) is 4.18 Å². The second-order valence-electron chi connectivity index (χ2n) is 3.58. The summed E-state index contributed by atoms with van der Waals surface area (Å²) in [4.78, 5) is 1.41. The van der Waals surface area contributed by atoms with E-state index in [1.54, 1.807) is 0 Å². The van der Waals surface area contributed by atoms with E-state index in [4.69, 9.17) is 4.18 Å². The summed E-state index contributed by atoms with van der Waals surface area (Å²) in [5.41, 5.74) is 1.47. The van der Waals surface area contributed by atoms with Crippen molar-refractivity contribution in [2.75, 3.05) is 7.11 Å². The van der Waals surface area contributed by atoms with Crippen LogP contribution in [0.15, 0.2) is 29.2 Å². The van der Waals surface area contributed by atoms with E-state index < -0.39 is 7.25 Å². The van der Waals surface area contributed by atoms with Gasteiger partial charge < -0.3 is 17.3 Å². The predicted molar refractivity (Wildman–Crippen MR) is 62.4 cm³/mol. The van der Waals surface area contributed by atoms with E-state index in [0.29, 0.717) is 5.25 Å². The highest BCUT2D eigenvalue weighted by Gasteiger charge is 2.40. The second kappa shape index (κ2) is 5.77. The summed E-state index contributed by atoms with van der Waals surface area (Å²) in [6.07, 6.45) is 1.17. The molecule has 0 saturated carbocycles. The van der Waals surface area contributed by atoms with Gasteiger partial charge in [-0.1, -0.05) is 18.2 Å². The van der Waals surface area contributed by atoms with E-state index in [1.165, 1.54) is 16.9 Å². The van der Waals surface area contributed by atoms with Gasteiger partial charge in [-0.15, -0.1) is 0 Å². The second-order valence-corrected chi connectivity index (χ2v) is 5.75. The van der Waals surface area contributed by atoms with Crippen molar-refractivity contribution in [2.24, 2.45) is 0 Å². The van der Waals surface area contributed by atoms with Crippen molar-refractivity contribution in [3.63, 3.8) is 0 Å². The first kappa shape index (κ1) is 14.4. The Morgan fingerprint density at radius 3 is 2.29 bits per heavy atom. The van der Waals surface area contributed by atoms with Crippen molar-refractivity contribution in [2.45, 2.75) is 23.5 Å². The Labute approximate surface area is 101 Å². The van der Waals surface area contributed by atoms with E-state index in [2.05, 4.69) is 31.2 Å². The molecule has 0 saturated heterocycles. The fraction of sp³-hybridized carbons (Fsp3) is 0.400. The Morgan fingerprint density at radius 1 is 1.24 bits per heavy atom. The molecule has 1 aromatic carbocycles. The SMILES string of the molecule is CO[S+]1c2ccccc2CC1C.F[B-](F)(F)F. The standard InChI is InChI=1S/C10H13OS.BF4/c1-8-7-9-5-3-4-6-10(9)12(8)11-2;2-1(3,4)5/h3-6,8H,7H2,1-2H3;/q+1;-1. The van der Waals surface area contributed by atoms with Crippen LogP contribution in [0.4, 0.5) is 17.3 Å². The summed E-state index contributed by atoms with van der Waals surface area (Å²) in [5, 5.41) is 0.660. The van der Waals surface area contributed by atoms with Crippen molar-refractivity contribution in [3.05, 3.63) is 29.8 Å². The lowest BCUT2D eigenvalue weighted by Gasteiger charge is -2.00. The average molecular weight is 268 g/mol. The van der Waals surface area contributed by atoms with Crippen molar-refractivity contribution < 1.29 is 21.4 Å². The average Bonchev–Trinajstić information content (AvgIpc) is 2.50. The maximum Gasteiger partial charge on any atom is 0.673 e. The predicted octanol–water partition coefficient (Wildman–Crippen LogP) is 3.47. The number of fused-ring (bicyclic) bond motifs is 1. The zero-order chi connectivity index (χ0) is 13.1. The third-order valence-electron chi connectivity index (χ3n) is 2.24. The molecule has 0 bridgehead atoms. The highest BCUT2D eigenvalue weighted by atomic mass is 32.2. The monoisotopic (exact) mass is 268 g/mol. The van der Waals surface area contributed by atoms with Crippen LogP contribution in [0.2, 0.25) is 0 Å². The van der Waals surface area contributed by atoms with Crippen LogP contribution in [0.25, 0.3) is 0 Å². The molecule has 0 aliphatic carbocycles. The van der Waals surface area contributed by atoms with Crippen LogP contribution >= 0.6 is 0 Å². The zero-order valence-corrected chi connectivity index (χ0v) is 10.3. The van der Waals surface area contributed by atoms with Crippen LogP contribution in [0, 0.1) is 0 Å². The molecule has 17 heavy (non-hydrogen) atoms. The summed E-state index contributed by atoms with van der Waals surface area (Å²) in [6, 6.07) is 8.59. The zero-order valence-electron chi connectivity index (χ0n) is 9.50. The summed E-state index contributed by atoms with van der Waals surface area (Å²) in [6.45, 7) is 2.26. The minimum atomic E-state index is -6.00. The molecular weight excluding hydrogens is 255 g/mol. The Morgan fingerprint density at radius 2 is 1.76 bits per heavy atom. The molecule has 0 spiro atoms. The topological polar surface area (TPSA) is 9.23 Å². The van der Waals surface area contributed by atoms with Crippen LogP contribution in [-0.4, -0.2) is 19.6 Å². The van der Waals surface area contributed by atoms with E-state index >= 15 is 0 Å². The Hall–Kier alpha value is -0.685. The summed E-state index contributed by atoms with van der Waals surface area (Å²) < 4.78 is 44.5. The molecule has 96 valence electrons. The molecule has 1 aliphatic heterocycles. The Balaban J connectivity index is 0.000000249. The first-order valence-electron chi connectivity index (χ1n) is 5.05. The molecule has 1 aliphatic rings. The molecule has 1 heterocycles. The lowest BCUT2D eigenvalue weighted by molar-refractivity contribution is 0.368. The van der Waals surface area contributed by atoms with Gasteiger partial charge in [-0.3, -0.25) is 0 Å². The van der Waals surface area contributed by atoms with Gasteiger partial charge in [-0.05, 0) is 13.0 Å². The van der Waals surface area contributed by atoms with Crippen molar-refractivity contribution >= 4 is 18.4 Å². The molecule has 1 aromatic rings. The lowest BCUT2D eigenvalue weighted by atomic mass is 10.1. The third kappa shape index (κ3) is 4.59. The molecule has 2 unspecified atom stereocenters. The number of benzene rings is 1. The highest BCUT2D eigenvalue weighted by molar-refractivity contribution is 7.93. The van der Waals surface area contributed by atoms with E-state index in [0.717, 1.165) is 0 Å². The lowest BCUT2D eigenvalue weighted by Crippen LogP contribution is -2.14. The minimum Gasteiger partial charge on any atom is -0.418 e.